The number of methoxy groups -OCH3 is 1. The van der Waals surface area contributed by atoms with E-state index in [2.05, 4.69) is 34.8 Å². The van der Waals surface area contributed by atoms with Gasteiger partial charge in [-0.05, 0) is 28.8 Å². The second-order valence-electron chi connectivity index (χ2n) is 6.45. The smallest absolute Gasteiger partial charge is 0.241 e. The Labute approximate surface area is 146 Å². The van der Waals surface area contributed by atoms with Crippen LogP contribution in [-0.2, 0) is 17.6 Å². The molecule has 0 saturated heterocycles. The molecule has 0 aromatic heterocycles. The van der Waals surface area contributed by atoms with Crippen molar-refractivity contribution in [1.82, 2.24) is 5.43 Å². The first-order valence-corrected chi connectivity index (χ1v) is 8.46. The van der Waals surface area contributed by atoms with Gasteiger partial charge in [0.05, 0.1) is 7.11 Å². The van der Waals surface area contributed by atoms with Crippen molar-refractivity contribution >= 4 is 12.1 Å². The van der Waals surface area contributed by atoms with Crippen LogP contribution in [0, 0.1) is 0 Å². The van der Waals surface area contributed by atoms with Crippen molar-refractivity contribution in [1.29, 1.82) is 0 Å². The number of amides is 1. The van der Waals surface area contributed by atoms with Crippen molar-refractivity contribution in [3.05, 3.63) is 59.2 Å². The first-order valence-electron chi connectivity index (χ1n) is 8.46. The van der Waals surface area contributed by atoms with Crippen molar-refractivity contribution in [3.8, 4) is 11.5 Å². The second-order valence-corrected chi connectivity index (χ2v) is 6.45. The van der Waals surface area contributed by atoms with Crippen molar-refractivity contribution in [2.75, 3.05) is 7.11 Å². The Hall–Kier alpha value is -2.82. The van der Waals surface area contributed by atoms with Gasteiger partial charge < -0.3 is 9.47 Å². The molecule has 1 unspecified atom stereocenters. The Morgan fingerprint density at radius 2 is 1.80 bits per heavy atom. The molecule has 2 aromatic carbocycles. The number of hydrazone groups is 1. The molecular formula is C20H20N2O3. The third kappa shape index (κ3) is 3.22. The first kappa shape index (κ1) is 15.7. The van der Waals surface area contributed by atoms with E-state index >= 15 is 0 Å². The maximum absolute atomic E-state index is 11.5. The van der Waals surface area contributed by atoms with Crippen LogP contribution in [-0.4, -0.2) is 25.3 Å². The molecule has 1 N–H and O–H groups in total. The molecule has 1 aliphatic heterocycles. The van der Waals surface area contributed by atoms with Crippen LogP contribution < -0.4 is 14.9 Å². The van der Waals surface area contributed by atoms with E-state index in [4.69, 9.17) is 9.47 Å². The van der Waals surface area contributed by atoms with Gasteiger partial charge >= 0.3 is 0 Å². The van der Waals surface area contributed by atoms with Crippen LogP contribution >= 0.6 is 0 Å². The van der Waals surface area contributed by atoms with Gasteiger partial charge in [-0.1, -0.05) is 30.3 Å². The van der Waals surface area contributed by atoms with Gasteiger partial charge in [0.25, 0.3) is 0 Å². The lowest BCUT2D eigenvalue weighted by atomic mass is 9.95. The summed E-state index contributed by atoms with van der Waals surface area (Å²) in [6, 6.07) is 14.3. The second kappa shape index (κ2) is 6.59. The van der Waals surface area contributed by atoms with Crippen LogP contribution in [0.25, 0.3) is 0 Å². The van der Waals surface area contributed by atoms with Gasteiger partial charge in [0.1, 0.15) is 6.10 Å². The zero-order valence-electron chi connectivity index (χ0n) is 14.1. The summed E-state index contributed by atoms with van der Waals surface area (Å²) < 4.78 is 11.7. The van der Waals surface area contributed by atoms with Gasteiger partial charge in [-0.2, -0.15) is 5.10 Å². The standard InChI is InChI=1S/C20H20N2O3/c1-24-19-10-15(16-11-20(23)22-21-12-16)6-7-18(19)25-17-8-13-4-2-3-5-14(13)9-17/h2-7,10,12,16-17H,8-9,11H2,1H3,(H,22,23). The van der Waals surface area contributed by atoms with Crippen LogP contribution in [0.5, 0.6) is 11.5 Å². The van der Waals surface area contributed by atoms with Crippen LogP contribution in [0.1, 0.15) is 29.0 Å². The fourth-order valence-corrected chi connectivity index (χ4v) is 3.49. The summed E-state index contributed by atoms with van der Waals surface area (Å²) in [5.41, 5.74) is 6.16. The van der Waals surface area contributed by atoms with E-state index in [1.165, 1.54) is 11.1 Å². The lowest BCUT2D eigenvalue weighted by Gasteiger charge is -2.19. The normalized spacial score (nSPS) is 19.4. The number of ether oxygens (including phenoxy) is 2. The molecule has 1 amide bonds. The predicted molar refractivity (Wildman–Crippen MR) is 95.3 cm³/mol. The summed E-state index contributed by atoms with van der Waals surface area (Å²) in [6.07, 6.45) is 4.10. The summed E-state index contributed by atoms with van der Waals surface area (Å²) in [7, 11) is 1.64. The molecule has 2 aliphatic rings. The zero-order valence-corrected chi connectivity index (χ0v) is 14.1. The quantitative estimate of drug-likeness (QED) is 0.934. The van der Waals surface area contributed by atoms with Crippen molar-refractivity contribution in [2.24, 2.45) is 5.10 Å². The Bertz CT molecular complexity index is 806. The monoisotopic (exact) mass is 336 g/mol. The van der Waals surface area contributed by atoms with Gasteiger partial charge in [-0.3, -0.25) is 4.79 Å². The average molecular weight is 336 g/mol. The Morgan fingerprint density at radius 1 is 1.04 bits per heavy atom. The van der Waals surface area contributed by atoms with E-state index in [1.807, 2.05) is 18.2 Å². The van der Waals surface area contributed by atoms with Crippen LogP contribution in [0.3, 0.4) is 0 Å². The number of nitrogens with zero attached hydrogens (tertiary/aromatic N) is 1. The minimum absolute atomic E-state index is 0.0348. The number of benzene rings is 2. The topological polar surface area (TPSA) is 59.9 Å². The number of rotatable bonds is 4. The van der Waals surface area contributed by atoms with Crippen LogP contribution in [0.4, 0.5) is 0 Å². The van der Waals surface area contributed by atoms with Crippen molar-refractivity contribution in [3.63, 3.8) is 0 Å². The van der Waals surface area contributed by atoms with E-state index in [-0.39, 0.29) is 17.9 Å². The molecule has 0 spiro atoms. The molecule has 4 rings (SSSR count). The SMILES string of the molecule is COc1cc(C2C=NNC(=O)C2)ccc1OC1Cc2ccccc2C1. The van der Waals surface area contributed by atoms with Crippen LogP contribution in [0.2, 0.25) is 0 Å². The molecular weight excluding hydrogens is 316 g/mol. The largest absolute Gasteiger partial charge is 0.493 e. The molecule has 1 heterocycles. The summed E-state index contributed by atoms with van der Waals surface area (Å²) in [6.45, 7) is 0. The molecule has 25 heavy (non-hydrogen) atoms. The lowest BCUT2D eigenvalue weighted by Crippen LogP contribution is -2.26. The van der Waals surface area contributed by atoms with Crippen LogP contribution in [0.15, 0.2) is 47.6 Å². The summed E-state index contributed by atoms with van der Waals surface area (Å²) >= 11 is 0. The number of carbonyl (C=O) groups excluding carboxylic acids is 1. The van der Waals surface area contributed by atoms with Gasteiger partial charge in [-0.25, -0.2) is 5.43 Å². The summed E-state index contributed by atoms with van der Waals surface area (Å²) in [5, 5.41) is 3.90. The number of carbonyl (C=O) groups is 1. The number of hydrogen-bond donors (Lipinski definition) is 1. The molecule has 1 atom stereocenters. The highest BCUT2D eigenvalue weighted by Gasteiger charge is 2.24. The highest BCUT2D eigenvalue weighted by Crippen LogP contribution is 2.34. The fraction of sp³-hybridized carbons (Fsp3) is 0.300. The Morgan fingerprint density at radius 3 is 2.48 bits per heavy atom. The third-order valence-corrected chi connectivity index (χ3v) is 4.77. The highest BCUT2D eigenvalue weighted by molar-refractivity contribution is 5.86. The molecule has 128 valence electrons. The van der Waals surface area contributed by atoms with Gasteiger partial charge in [0, 0.05) is 31.4 Å². The number of hydrogen-bond acceptors (Lipinski definition) is 4. The minimum Gasteiger partial charge on any atom is -0.493 e. The van der Waals surface area contributed by atoms with E-state index < -0.39 is 0 Å². The number of fused-ring (bicyclic) bond motifs is 1. The zero-order chi connectivity index (χ0) is 17.2. The van der Waals surface area contributed by atoms with E-state index in [0.717, 1.165) is 24.2 Å². The maximum atomic E-state index is 11.5. The maximum Gasteiger partial charge on any atom is 0.241 e. The van der Waals surface area contributed by atoms with Gasteiger partial charge in [0.15, 0.2) is 11.5 Å². The average Bonchev–Trinajstić information content (AvgIpc) is 3.04. The molecule has 5 nitrogen and oxygen atoms in total. The van der Waals surface area contributed by atoms with Crippen molar-refractivity contribution in [2.45, 2.75) is 31.3 Å². The predicted octanol–water partition coefficient (Wildman–Crippen LogP) is 2.83. The van der Waals surface area contributed by atoms with E-state index in [9.17, 15) is 4.79 Å². The van der Waals surface area contributed by atoms with E-state index in [0.29, 0.717) is 12.2 Å². The molecule has 0 fully saturated rings. The Kier molecular flexibility index (Phi) is 4.14. The lowest BCUT2D eigenvalue weighted by molar-refractivity contribution is -0.121. The van der Waals surface area contributed by atoms with Crippen molar-refractivity contribution < 1.29 is 14.3 Å². The minimum atomic E-state index is -0.0736. The fourth-order valence-electron chi connectivity index (χ4n) is 3.49. The molecule has 0 saturated carbocycles. The Balaban J connectivity index is 1.52. The molecule has 0 bridgehead atoms. The molecule has 2 aromatic rings. The first-order chi connectivity index (χ1) is 12.2. The molecule has 5 heteroatoms. The summed E-state index contributed by atoms with van der Waals surface area (Å²) in [5.74, 6) is 1.32. The molecule has 1 aliphatic carbocycles. The molecule has 0 radical (unpaired) electrons. The van der Waals surface area contributed by atoms with Gasteiger partial charge in [0.2, 0.25) is 5.91 Å². The van der Waals surface area contributed by atoms with Gasteiger partial charge in [-0.15, -0.1) is 0 Å². The third-order valence-electron chi connectivity index (χ3n) is 4.77. The highest BCUT2D eigenvalue weighted by atomic mass is 16.5. The van der Waals surface area contributed by atoms with E-state index in [1.54, 1.807) is 13.3 Å². The number of nitrogens with one attached hydrogen (secondary N) is 1. The summed E-state index contributed by atoms with van der Waals surface area (Å²) in [4.78, 5) is 11.5.